The Balaban J connectivity index is 1.95. The van der Waals surface area contributed by atoms with Crippen LogP contribution in [0.15, 0.2) is 55.0 Å². The molecule has 2 N–H and O–H groups in total. The molecule has 0 aliphatic rings. The predicted octanol–water partition coefficient (Wildman–Crippen LogP) is 3.81. The second kappa shape index (κ2) is 5.57. The van der Waals surface area contributed by atoms with E-state index >= 15 is 0 Å². The van der Waals surface area contributed by atoms with Crippen LogP contribution in [0.5, 0.6) is 0 Å². The molecule has 20 heavy (non-hydrogen) atoms. The molecule has 2 heterocycles. The van der Waals surface area contributed by atoms with Crippen LogP contribution in [-0.4, -0.2) is 16.5 Å². The third-order valence-corrected chi connectivity index (χ3v) is 3.08. The number of pyridine rings is 2. The lowest BCUT2D eigenvalue weighted by molar-refractivity contribution is 1.16. The fourth-order valence-corrected chi connectivity index (χ4v) is 2.16. The molecule has 0 amide bonds. The lowest BCUT2D eigenvalue weighted by atomic mass is 10.1. The first kappa shape index (κ1) is 12.4. The lowest BCUT2D eigenvalue weighted by Gasteiger charge is -2.10. The van der Waals surface area contributed by atoms with Gasteiger partial charge in [-0.2, -0.15) is 0 Å². The number of hydrogen-bond acceptors (Lipinski definition) is 4. The topological polar surface area (TPSA) is 49.8 Å². The number of benzene rings is 1. The summed E-state index contributed by atoms with van der Waals surface area (Å²) in [4.78, 5) is 8.47. The van der Waals surface area contributed by atoms with Crippen LogP contribution < -0.4 is 10.6 Å². The molecular weight excluding hydrogens is 248 g/mol. The molecule has 2 aromatic heterocycles. The van der Waals surface area contributed by atoms with E-state index in [1.54, 1.807) is 6.20 Å². The highest BCUT2D eigenvalue weighted by Crippen LogP contribution is 2.26. The Morgan fingerprint density at radius 2 is 2.05 bits per heavy atom. The summed E-state index contributed by atoms with van der Waals surface area (Å²) in [5.74, 6) is 0.871. The Kier molecular flexibility index (Phi) is 3.46. The Morgan fingerprint density at radius 3 is 2.95 bits per heavy atom. The van der Waals surface area contributed by atoms with Crippen LogP contribution in [0, 0.1) is 0 Å². The first-order chi connectivity index (χ1) is 9.86. The summed E-state index contributed by atoms with van der Waals surface area (Å²) in [5, 5.41) is 8.91. The number of anilines is 3. The van der Waals surface area contributed by atoms with Gasteiger partial charge in [-0.15, -0.1) is 0 Å². The van der Waals surface area contributed by atoms with Crippen molar-refractivity contribution in [2.24, 2.45) is 0 Å². The van der Waals surface area contributed by atoms with Crippen molar-refractivity contribution in [3.8, 4) is 0 Å². The minimum absolute atomic E-state index is 0.856. The van der Waals surface area contributed by atoms with Crippen LogP contribution >= 0.6 is 0 Å². The van der Waals surface area contributed by atoms with Gasteiger partial charge in [0.25, 0.3) is 0 Å². The second-order valence-corrected chi connectivity index (χ2v) is 4.49. The van der Waals surface area contributed by atoms with Crippen LogP contribution in [0.4, 0.5) is 17.2 Å². The van der Waals surface area contributed by atoms with Crippen LogP contribution in [0.25, 0.3) is 10.8 Å². The first-order valence-corrected chi connectivity index (χ1v) is 6.66. The quantitative estimate of drug-likeness (QED) is 0.752. The summed E-state index contributed by atoms with van der Waals surface area (Å²) in [6.07, 6.45) is 5.48. The summed E-state index contributed by atoms with van der Waals surface area (Å²) in [5.41, 5.74) is 2.05. The smallest absolute Gasteiger partial charge is 0.127 e. The Labute approximate surface area is 117 Å². The highest BCUT2D eigenvalue weighted by Gasteiger charge is 2.02. The van der Waals surface area contributed by atoms with Crippen molar-refractivity contribution in [1.82, 2.24) is 9.97 Å². The van der Waals surface area contributed by atoms with Crippen LogP contribution in [-0.2, 0) is 0 Å². The molecule has 0 unspecified atom stereocenters. The van der Waals surface area contributed by atoms with Gasteiger partial charge in [-0.05, 0) is 30.5 Å². The average Bonchev–Trinajstić information content (AvgIpc) is 2.48. The molecule has 0 radical (unpaired) electrons. The molecule has 3 rings (SSSR count). The lowest BCUT2D eigenvalue weighted by Crippen LogP contribution is -2.00. The number of hydrogen-bond donors (Lipinski definition) is 2. The maximum atomic E-state index is 4.27. The first-order valence-electron chi connectivity index (χ1n) is 6.66. The Bertz CT molecular complexity index is 719. The molecule has 0 saturated heterocycles. The van der Waals surface area contributed by atoms with Gasteiger partial charge in [-0.3, -0.25) is 4.98 Å². The van der Waals surface area contributed by atoms with E-state index in [1.165, 1.54) is 5.39 Å². The largest absolute Gasteiger partial charge is 0.370 e. The molecule has 0 aliphatic carbocycles. The van der Waals surface area contributed by atoms with Crippen LogP contribution in [0.1, 0.15) is 6.92 Å². The van der Waals surface area contributed by atoms with Gasteiger partial charge in [0.05, 0.1) is 0 Å². The van der Waals surface area contributed by atoms with Gasteiger partial charge >= 0.3 is 0 Å². The molecule has 100 valence electrons. The van der Waals surface area contributed by atoms with E-state index in [1.807, 2.05) is 36.7 Å². The van der Waals surface area contributed by atoms with Crippen LogP contribution in [0.3, 0.4) is 0 Å². The predicted molar refractivity (Wildman–Crippen MR) is 83.4 cm³/mol. The number of fused-ring (bicyclic) bond motifs is 1. The summed E-state index contributed by atoms with van der Waals surface area (Å²) in [7, 11) is 0. The van der Waals surface area contributed by atoms with E-state index in [2.05, 4.69) is 39.7 Å². The maximum absolute atomic E-state index is 4.27. The molecule has 0 spiro atoms. The normalized spacial score (nSPS) is 10.4. The van der Waals surface area contributed by atoms with Crippen molar-refractivity contribution in [3.05, 3.63) is 55.0 Å². The van der Waals surface area contributed by atoms with Gasteiger partial charge < -0.3 is 10.6 Å². The molecule has 0 atom stereocenters. The van der Waals surface area contributed by atoms with E-state index in [-0.39, 0.29) is 0 Å². The maximum Gasteiger partial charge on any atom is 0.127 e. The monoisotopic (exact) mass is 264 g/mol. The Morgan fingerprint density at radius 1 is 1.10 bits per heavy atom. The van der Waals surface area contributed by atoms with Gasteiger partial charge in [0.2, 0.25) is 0 Å². The number of nitrogens with zero attached hydrogens (tertiary/aromatic N) is 2. The molecule has 0 aliphatic heterocycles. The number of aromatic nitrogens is 2. The molecule has 0 fully saturated rings. The van der Waals surface area contributed by atoms with Gasteiger partial charge in [0.15, 0.2) is 0 Å². The Hall–Kier alpha value is -2.62. The minimum Gasteiger partial charge on any atom is -0.370 e. The molecule has 3 aromatic rings. The molecule has 0 bridgehead atoms. The van der Waals surface area contributed by atoms with Gasteiger partial charge in [0.1, 0.15) is 5.82 Å². The van der Waals surface area contributed by atoms with E-state index < -0.39 is 0 Å². The van der Waals surface area contributed by atoms with Crippen molar-refractivity contribution < 1.29 is 0 Å². The van der Waals surface area contributed by atoms with Gasteiger partial charge in [-0.25, -0.2) is 4.98 Å². The zero-order valence-corrected chi connectivity index (χ0v) is 11.3. The zero-order chi connectivity index (χ0) is 13.8. The number of nitrogens with one attached hydrogen (secondary N) is 2. The van der Waals surface area contributed by atoms with Crippen molar-refractivity contribution in [2.75, 3.05) is 17.2 Å². The van der Waals surface area contributed by atoms with E-state index in [4.69, 9.17) is 0 Å². The summed E-state index contributed by atoms with van der Waals surface area (Å²) in [6, 6.07) is 12.1. The van der Waals surface area contributed by atoms with Gasteiger partial charge in [-0.1, -0.05) is 12.1 Å². The highest BCUT2D eigenvalue weighted by atomic mass is 15.0. The molecule has 1 aromatic carbocycles. The molecule has 4 heteroatoms. The molecule has 4 nitrogen and oxygen atoms in total. The van der Waals surface area contributed by atoms with Crippen molar-refractivity contribution in [3.63, 3.8) is 0 Å². The minimum atomic E-state index is 0.856. The van der Waals surface area contributed by atoms with Crippen LogP contribution in [0.2, 0.25) is 0 Å². The van der Waals surface area contributed by atoms with E-state index in [0.29, 0.717) is 0 Å². The summed E-state index contributed by atoms with van der Waals surface area (Å²) in [6.45, 7) is 2.91. The fourth-order valence-electron chi connectivity index (χ4n) is 2.16. The summed E-state index contributed by atoms with van der Waals surface area (Å²) >= 11 is 0. The summed E-state index contributed by atoms with van der Waals surface area (Å²) < 4.78 is 0. The zero-order valence-electron chi connectivity index (χ0n) is 11.3. The third kappa shape index (κ3) is 2.54. The standard InChI is InChI=1S/C16H16N4/c1-2-18-16-10-13(7-9-19-16)20-15-5-3-4-12-6-8-17-11-14(12)15/h3-11H,2H2,1H3,(H2,18,19,20). The fraction of sp³-hybridized carbons (Fsp3) is 0.125. The third-order valence-electron chi connectivity index (χ3n) is 3.08. The second-order valence-electron chi connectivity index (χ2n) is 4.49. The number of rotatable bonds is 4. The van der Waals surface area contributed by atoms with Crippen molar-refractivity contribution >= 4 is 28.0 Å². The highest BCUT2D eigenvalue weighted by molar-refractivity contribution is 5.94. The molecule has 0 saturated carbocycles. The van der Waals surface area contributed by atoms with Gasteiger partial charge in [0, 0.05) is 48.0 Å². The SMILES string of the molecule is CCNc1cc(Nc2cccc3ccncc23)ccn1. The van der Waals surface area contributed by atoms with E-state index in [0.717, 1.165) is 29.1 Å². The van der Waals surface area contributed by atoms with Crippen molar-refractivity contribution in [1.29, 1.82) is 0 Å². The average molecular weight is 264 g/mol. The molecular formula is C16H16N4. The van der Waals surface area contributed by atoms with E-state index in [9.17, 15) is 0 Å². The van der Waals surface area contributed by atoms with Crippen molar-refractivity contribution in [2.45, 2.75) is 6.92 Å².